The van der Waals surface area contributed by atoms with Gasteiger partial charge in [0.1, 0.15) is 18.7 Å². The topological polar surface area (TPSA) is 88.9 Å². The zero-order valence-corrected chi connectivity index (χ0v) is 14.2. The van der Waals surface area contributed by atoms with Crippen LogP contribution in [0.2, 0.25) is 0 Å². The minimum Gasteiger partial charge on any atom is -0.350 e. The van der Waals surface area contributed by atoms with E-state index in [9.17, 15) is 9.59 Å². The summed E-state index contributed by atoms with van der Waals surface area (Å²) in [4.78, 5) is 27.6. The van der Waals surface area contributed by atoms with E-state index in [2.05, 4.69) is 20.7 Å². The fourth-order valence-electron chi connectivity index (χ4n) is 2.42. The van der Waals surface area contributed by atoms with E-state index in [4.69, 9.17) is 0 Å². The number of aromatic nitrogens is 3. The molecular weight excluding hydrogens is 306 g/mol. The van der Waals surface area contributed by atoms with Crippen molar-refractivity contribution in [1.82, 2.24) is 25.4 Å². The van der Waals surface area contributed by atoms with E-state index in [-0.39, 0.29) is 17.7 Å². The second-order valence-electron chi connectivity index (χ2n) is 6.00. The van der Waals surface area contributed by atoms with E-state index >= 15 is 0 Å². The summed E-state index contributed by atoms with van der Waals surface area (Å²) in [7, 11) is 0. The largest absolute Gasteiger partial charge is 0.350 e. The predicted molar refractivity (Wildman–Crippen MR) is 89.9 cm³/mol. The molecule has 128 valence electrons. The standard InChI is InChI=1S/C17H23N5O2/c1-12(2)16(21-13(3)23)17(24)19-8-14-6-4-5-7-15(14)9-22-11-18-10-20-22/h4-7,10-12,16H,8-9H2,1-3H3,(H,19,24)(H,21,23). The number of nitrogens with one attached hydrogen (secondary N) is 2. The monoisotopic (exact) mass is 329 g/mol. The Balaban J connectivity index is 2.03. The number of carbonyl (C=O) groups is 2. The van der Waals surface area contributed by atoms with Crippen LogP contribution in [0, 0.1) is 5.92 Å². The van der Waals surface area contributed by atoms with Gasteiger partial charge in [0.15, 0.2) is 0 Å². The van der Waals surface area contributed by atoms with Crippen molar-refractivity contribution in [3.05, 3.63) is 48.0 Å². The number of carbonyl (C=O) groups excluding carboxylic acids is 2. The number of rotatable bonds is 7. The summed E-state index contributed by atoms with van der Waals surface area (Å²) in [5.74, 6) is -0.384. The molecule has 2 rings (SSSR count). The molecule has 7 nitrogen and oxygen atoms in total. The SMILES string of the molecule is CC(=O)NC(C(=O)NCc1ccccc1Cn1cncn1)C(C)C. The minimum absolute atomic E-state index is 0.0132. The van der Waals surface area contributed by atoms with Crippen molar-refractivity contribution in [1.29, 1.82) is 0 Å². The molecule has 0 fully saturated rings. The van der Waals surface area contributed by atoms with Gasteiger partial charge >= 0.3 is 0 Å². The van der Waals surface area contributed by atoms with Crippen LogP contribution in [0.5, 0.6) is 0 Å². The quantitative estimate of drug-likeness (QED) is 0.796. The molecule has 0 saturated heterocycles. The number of benzene rings is 1. The fourth-order valence-corrected chi connectivity index (χ4v) is 2.42. The van der Waals surface area contributed by atoms with Crippen molar-refractivity contribution in [3.63, 3.8) is 0 Å². The molecule has 1 aromatic heterocycles. The highest BCUT2D eigenvalue weighted by atomic mass is 16.2. The van der Waals surface area contributed by atoms with Crippen molar-refractivity contribution in [2.45, 2.75) is 39.9 Å². The molecule has 0 saturated carbocycles. The highest BCUT2D eigenvalue weighted by Crippen LogP contribution is 2.10. The Bertz CT molecular complexity index is 682. The Kier molecular flexibility index (Phi) is 6.06. The predicted octanol–water partition coefficient (Wildman–Crippen LogP) is 1.10. The molecule has 0 aliphatic rings. The van der Waals surface area contributed by atoms with Gasteiger partial charge in [-0.05, 0) is 17.0 Å². The zero-order valence-electron chi connectivity index (χ0n) is 14.2. The van der Waals surface area contributed by atoms with Crippen LogP contribution in [0.25, 0.3) is 0 Å². The maximum Gasteiger partial charge on any atom is 0.243 e. The van der Waals surface area contributed by atoms with Crippen LogP contribution >= 0.6 is 0 Å². The summed E-state index contributed by atoms with van der Waals surface area (Å²) in [5.41, 5.74) is 2.07. The van der Waals surface area contributed by atoms with Gasteiger partial charge in [-0.3, -0.25) is 9.59 Å². The normalized spacial score (nSPS) is 12.0. The van der Waals surface area contributed by atoms with E-state index in [0.717, 1.165) is 11.1 Å². The molecular formula is C17H23N5O2. The molecule has 0 aliphatic carbocycles. The highest BCUT2D eigenvalue weighted by molar-refractivity contribution is 5.87. The zero-order chi connectivity index (χ0) is 17.5. The van der Waals surface area contributed by atoms with Gasteiger partial charge in [-0.15, -0.1) is 0 Å². The molecule has 0 radical (unpaired) electrons. The van der Waals surface area contributed by atoms with E-state index in [1.54, 1.807) is 11.0 Å². The van der Waals surface area contributed by atoms with E-state index in [1.807, 2.05) is 38.1 Å². The van der Waals surface area contributed by atoms with Crippen molar-refractivity contribution in [3.8, 4) is 0 Å². The molecule has 1 atom stereocenters. The third-order valence-corrected chi connectivity index (χ3v) is 3.68. The third-order valence-electron chi connectivity index (χ3n) is 3.68. The molecule has 7 heteroatoms. The van der Waals surface area contributed by atoms with Crippen molar-refractivity contribution < 1.29 is 9.59 Å². The summed E-state index contributed by atoms with van der Waals surface area (Å²) in [5, 5.41) is 9.70. The van der Waals surface area contributed by atoms with Crippen molar-refractivity contribution >= 4 is 11.8 Å². The van der Waals surface area contributed by atoms with E-state index in [1.165, 1.54) is 13.3 Å². The molecule has 1 aromatic carbocycles. The summed E-state index contributed by atoms with van der Waals surface area (Å²) in [6.07, 6.45) is 3.14. The first kappa shape index (κ1) is 17.7. The Morgan fingerprint density at radius 1 is 1.21 bits per heavy atom. The summed E-state index contributed by atoms with van der Waals surface area (Å²) in [6.45, 7) is 6.20. The lowest BCUT2D eigenvalue weighted by Gasteiger charge is -2.21. The summed E-state index contributed by atoms with van der Waals surface area (Å²) in [6, 6.07) is 7.31. The maximum absolute atomic E-state index is 12.4. The van der Waals surface area contributed by atoms with Gasteiger partial charge in [-0.25, -0.2) is 9.67 Å². The Morgan fingerprint density at radius 3 is 2.50 bits per heavy atom. The average Bonchev–Trinajstić information content (AvgIpc) is 3.04. The van der Waals surface area contributed by atoms with E-state index in [0.29, 0.717) is 13.1 Å². The first-order valence-corrected chi connectivity index (χ1v) is 7.91. The van der Waals surface area contributed by atoms with Crippen molar-refractivity contribution in [2.75, 3.05) is 0 Å². The van der Waals surface area contributed by atoms with Gasteiger partial charge in [0.2, 0.25) is 11.8 Å². The van der Waals surface area contributed by atoms with Gasteiger partial charge in [0, 0.05) is 13.5 Å². The lowest BCUT2D eigenvalue weighted by atomic mass is 10.0. The number of hydrogen-bond acceptors (Lipinski definition) is 4. The van der Waals surface area contributed by atoms with Crippen LogP contribution in [0.3, 0.4) is 0 Å². The minimum atomic E-state index is -0.537. The van der Waals surface area contributed by atoms with Crippen LogP contribution in [-0.2, 0) is 22.7 Å². The number of nitrogens with zero attached hydrogens (tertiary/aromatic N) is 3. The lowest BCUT2D eigenvalue weighted by Crippen LogP contribution is -2.48. The second-order valence-corrected chi connectivity index (χ2v) is 6.00. The smallest absolute Gasteiger partial charge is 0.243 e. The van der Waals surface area contributed by atoms with Crippen LogP contribution < -0.4 is 10.6 Å². The van der Waals surface area contributed by atoms with E-state index < -0.39 is 6.04 Å². The Labute approximate surface area is 141 Å². The first-order chi connectivity index (χ1) is 11.5. The molecule has 24 heavy (non-hydrogen) atoms. The van der Waals surface area contributed by atoms with Gasteiger partial charge in [0.25, 0.3) is 0 Å². The molecule has 1 unspecified atom stereocenters. The van der Waals surface area contributed by atoms with Gasteiger partial charge < -0.3 is 10.6 Å². The molecule has 1 heterocycles. The van der Waals surface area contributed by atoms with Crippen molar-refractivity contribution in [2.24, 2.45) is 5.92 Å². The van der Waals surface area contributed by atoms with Crippen LogP contribution in [0.1, 0.15) is 31.9 Å². The Morgan fingerprint density at radius 2 is 1.92 bits per heavy atom. The molecule has 2 amide bonds. The molecule has 0 bridgehead atoms. The lowest BCUT2D eigenvalue weighted by molar-refractivity contribution is -0.129. The Hall–Kier alpha value is -2.70. The third kappa shape index (κ3) is 4.91. The summed E-state index contributed by atoms with van der Waals surface area (Å²) >= 11 is 0. The van der Waals surface area contributed by atoms with Gasteiger partial charge in [-0.1, -0.05) is 38.1 Å². The highest BCUT2D eigenvalue weighted by Gasteiger charge is 2.22. The van der Waals surface area contributed by atoms with Crippen LogP contribution in [0.4, 0.5) is 0 Å². The van der Waals surface area contributed by atoms with Crippen LogP contribution in [-0.4, -0.2) is 32.6 Å². The summed E-state index contributed by atoms with van der Waals surface area (Å²) < 4.78 is 1.73. The average molecular weight is 329 g/mol. The van der Waals surface area contributed by atoms with Crippen LogP contribution in [0.15, 0.2) is 36.9 Å². The number of amides is 2. The maximum atomic E-state index is 12.4. The second kappa shape index (κ2) is 8.24. The first-order valence-electron chi connectivity index (χ1n) is 7.91. The fraction of sp³-hybridized carbons (Fsp3) is 0.412. The molecule has 0 aliphatic heterocycles. The molecule has 2 aromatic rings. The van der Waals surface area contributed by atoms with Gasteiger partial charge in [0.05, 0.1) is 6.54 Å². The molecule has 2 N–H and O–H groups in total. The molecule has 0 spiro atoms. The van der Waals surface area contributed by atoms with Gasteiger partial charge in [-0.2, -0.15) is 5.10 Å². The number of hydrogen-bond donors (Lipinski definition) is 2.